The van der Waals surface area contributed by atoms with E-state index in [2.05, 4.69) is 5.32 Å². The van der Waals surface area contributed by atoms with Gasteiger partial charge in [-0.3, -0.25) is 4.79 Å². The minimum absolute atomic E-state index is 0.105. The van der Waals surface area contributed by atoms with Crippen molar-refractivity contribution in [1.82, 2.24) is 4.31 Å². The fourth-order valence-corrected chi connectivity index (χ4v) is 3.30. The molecular weight excluding hydrogens is 288 g/mol. The maximum Gasteiger partial charge on any atom is 0.225 e. The van der Waals surface area contributed by atoms with E-state index in [1.54, 1.807) is 0 Å². The van der Waals surface area contributed by atoms with E-state index in [9.17, 15) is 13.2 Å². The summed E-state index contributed by atoms with van der Waals surface area (Å²) in [5.41, 5.74) is 1.79. The van der Waals surface area contributed by atoms with E-state index >= 15 is 0 Å². The molecule has 0 spiro atoms. The van der Waals surface area contributed by atoms with Gasteiger partial charge in [0.05, 0.1) is 6.26 Å². The van der Waals surface area contributed by atoms with E-state index in [1.807, 2.05) is 45.0 Å². The van der Waals surface area contributed by atoms with Gasteiger partial charge in [-0.15, -0.1) is 0 Å². The fraction of sp³-hybridized carbons (Fsp3) is 0.533. The number of benzene rings is 1. The minimum Gasteiger partial charge on any atom is -0.326 e. The largest absolute Gasteiger partial charge is 0.326 e. The molecule has 0 radical (unpaired) electrons. The lowest BCUT2D eigenvalue weighted by molar-refractivity contribution is -0.116. The highest BCUT2D eigenvalue weighted by Crippen LogP contribution is 2.12. The molecule has 1 N–H and O–H groups in total. The Labute approximate surface area is 127 Å². The number of carbonyl (C=O) groups excluding carboxylic acids is 1. The Bertz CT molecular complexity index is 584. The van der Waals surface area contributed by atoms with Gasteiger partial charge in [0.2, 0.25) is 15.9 Å². The Balaban J connectivity index is 2.62. The Morgan fingerprint density at radius 1 is 1.38 bits per heavy atom. The second kappa shape index (κ2) is 7.56. The average molecular weight is 312 g/mol. The zero-order valence-corrected chi connectivity index (χ0v) is 13.9. The van der Waals surface area contributed by atoms with Gasteiger partial charge in [-0.25, -0.2) is 8.42 Å². The number of sulfonamides is 1. The Morgan fingerprint density at radius 2 is 2.05 bits per heavy atom. The highest BCUT2D eigenvalue weighted by molar-refractivity contribution is 7.88. The van der Waals surface area contributed by atoms with Crippen LogP contribution in [0.5, 0.6) is 0 Å². The van der Waals surface area contributed by atoms with Crippen molar-refractivity contribution in [2.24, 2.45) is 0 Å². The maximum absolute atomic E-state index is 11.9. The maximum atomic E-state index is 11.9. The van der Waals surface area contributed by atoms with Crippen LogP contribution < -0.4 is 5.32 Å². The molecule has 0 heterocycles. The minimum atomic E-state index is -3.30. The molecule has 1 rings (SSSR count). The number of nitrogens with one attached hydrogen (secondary N) is 1. The lowest BCUT2D eigenvalue weighted by Crippen LogP contribution is -2.39. The molecule has 6 heteroatoms. The van der Waals surface area contributed by atoms with E-state index < -0.39 is 10.0 Å². The molecule has 0 aliphatic heterocycles. The van der Waals surface area contributed by atoms with Gasteiger partial charge >= 0.3 is 0 Å². The van der Waals surface area contributed by atoms with Crippen molar-refractivity contribution < 1.29 is 13.2 Å². The topological polar surface area (TPSA) is 66.5 Å². The van der Waals surface area contributed by atoms with Crippen molar-refractivity contribution in [3.8, 4) is 0 Å². The number of nitrogens with zero attached hydrogens (tertiary/aromatic N) is 1. The summed E-state index contributed by atoms with van der Waals surface area (Å²) in [5, 5.41) is 2.79. The summed E-state index contributed by atoms with van der Waals surface area (Å²) in [4.78, 5) is 11.9. The molecule has 1 atom stereocenters. The number of aryl methyl sites for hydroxylation is 1. The van der Waals surface area contributed by atoms with E-state index in [4.69, 9.17) is 0 Å². The van der Waals surface area contributed by atoms with Crippen LogP contribution >= 0.6 is 0 Å². The van der Waals surface area contributed by atoms with Crippen molar-refractivity contribution in [2.75, 3.05) is 18.1 Å². The molecule has 0 fully saturated rings. The van der Waals surface area contributed by atoms with Crippen molar-refractivity contribution in [2.45, 2.75) is 39.7 Å². The van der Waals surface area contributed by atoms with Crippen LogP contribution in [0.3, 0.4) is 0 Å². The monoisotopic (exact) mass is 312 g/mol. The molecule has 21 heavy (non-hydrogen) atoms. The molecule has 118 valence electrons. The molecule has 0 saturated heterocycles. The third-order valence-corrected chi connectivity index (χ3v) is 4.76. The molecule has 0 aliphatic carbocycles. The third-order valence-electron chi connectivity index (χ3n) is 3.37. The summed E-state index contributed by atoms with van der Waals surface area (Å²) in [6.07, 6.45) is 2.04. The van der Waals surface area contributed by atoms with Crippen LogP contribution in [-0.4, -0.2) is 37.5 Å². The number of anilines is 1. The van der Waals surface area contributed by atoms with Crippen LogP contribution in [-0.2, 0) is 14.8 Å². The lowest BCUT2D eigenvalue weighted by atomic mass is 10.2. The summed E-state index contributed by atoms with van der Waals surface area (Å²) < 4.78 is 24.9. The second-order valence-electron chi connectivity index (χ2n) is 5.30. The lowest BCUT2D eigenvalue weighted by Gasteiger charge is -2.25. The van der Waals surface area contributed by atoms with Crippen molar-refractivity contribution in [1.29, 1.82) is 0 Å². The zero-order valence-electron chi connectivity index (χ0n) is 13.1. The third kappa shape index (κ3) is 5.85. The van der Waals surface area contributed by atoms with E-state index in [-0.39, 0.29) is 24.9 Å². The molecular formula is C15H24N2O3S. The van der Waals surface area contributed by atoms with Crippen LogP contribution in [0.25, 0.3) is 0 Å². The van der Waals surface area contributed by atoms with Crippen LogP contribution in [0.1, 0.15) is 32.3 Å². The van der Waals surface area contributed by atoms with Gasteiger partial charge in [0.25, 0.3) is 0 Å². The summed E-state index contributed by atoms with van der Waals surface area (Å²) in [7, 11) is -3.30. The van der Waals surface area contributed by atoms with Crippen LogP contribution in [0.4, 0.5) is 5.69 Å². The SMILES string of the molecule is CCC(C)N(CCC(=O)Nc1cccc(C)c1)S(C)(=O)=O. The standard InChI is InChI=1S/C15H24N2O3S/c1-5-13(3)17(21(4,19)20)10-9-15(18)16-14-8-6-7-12(2)11-14/h6-8,11,13H,5,9-10H2,1-4H3,(H,16,18). The van der Waals surface area contributed by atoms with Crippen LogP contribution in [0.15, 0.2) is 24.3 Å². The van der Waals surface area contributed by atoms with Gasteiger partial charge < -0.3 is 5.32 Å². The second-order valence-corrected chi connectivity index (χ2v) is 7.23. The van der Waals surface area contributed by atoms with Gasteiger partial charge in [-0.05, 0) is 38.0 Å². The first-order valence-corrected chi connectivity index (χ1v) is 8.92. The molecule has 0 aromatic heterocycles. The molecule has 0 bridgehead atoms. The van der Waals surface area contributed by atoms with Gasteiger partial charge in [0, 0.05) is 24.7 Å². The number of carbonyl (C=O) groups is 1. The summed E-state index contributed by atoms with van der Waals surface area (Å²) in [6, 6.07) is 7.40. The van der Waals surface area contributed by atoms with Crippen molar-refractivity contribution >= 4 is 21.6 Å². The van der Waals surface area contributed by atoms with Gasteiger partial charge in [0.1, 0.15) is 0 Å². The molecule has 0 aliphatic rings. The fourth-order valence-electron chi connectivity index (χ4n) is 2.07. The van der Waals surface area contributed by atoms with Crippen LogP contribution in [0.2, 0.25) is 0 Å². The first-order valence-electron chi connectivity index (χ1n) is 7.07. The van der Waals surface area contributed by atoms with E-state index in [1.165, 1.54) is 10.6 Å². The molecule has 1 unspecified atom stereocenters. The van der Waals surface area contributed by atoms with Gasteiger partial charge in [-0.2, -0.15) is 4.31 Å². The van der Waals surface area contributed by atoms with E-state index in [0.29, 0.717) is 6.42 Å². The average Bonchev–Trinajstić information content (AvgIpc) is 2.36. The van der Waals surface area contributed by atoms with Gasteiger partial charge in [-0.1, -0.05) is 19.1 Å². The number of amides is 1. The molecule has 1 aromatic carbocycles. The predicted molar refractivity (Wildman–Crippen MR) is 85.7 cm³/mol. The summed E-state index contributed by atoms with van der Waals surface area (Å²) >= 11 is 0. The molecule has 1 aromatic rings. The molecule has 0 saturated carbocycles. The number of rotatable bonds is 7. The van der Waals surface area contributed by atoms with Crippen molar-refractivity contribution in [3.05, 3.63) is 29.8 Å². The first-order chi connectivity index (χ1) is 9.74. The first kappa shape index (κ1) is 17.7. The Hall–Kier alpha value is -1.40. The predicted octanol–water partition coefficient (Wildman–Crippen LogP) is 2.38. The molecule has 1 amide bonds. The Kier molecular flexibility index (Phi) is 6.36. The van der Waals surface area contributed by atoms with Crippen molar-refractivity contribution in [3.63, 3.8) is 0 Å². The normalized spacial score (nSPS) is 13.2. The highest BCUT2D eigenvalue weighted by Gasteiger charge is 2.22. The smallest absolute Gasteiger partial charge is 0.225 e. The highest BCUT2D eigenvalue weighted by atomic mass is 32.2. The quantitative estimate of drug-likeness (QED) is 0.840. The molecule has 5 nitrogen and oxygen atoms in total. The number of hydrogen-bond donors (Lipinski definition) is 1. The summed E-state index contributed by atoms with van der Waals surface area (Å²) in [5.74, 6) is -0.183. The zero-order chi connectivity index (χ0) is 16.0. The summed E-state index contributed by atoms with van der Waals surface area (Å²) in [6.45, 7) is 5.92. The van der Waals surface area contributed by atoms with Crippen LogP contribution in [0, 0.1) is 6.92 Å². The Morgan fingerprint density at radius 3 is 2.57 bits per heavy atom. The van der Waals surface area contributed by atoms with Gasteiger partial charge in [0.15, 0.2) is 0 Å². The number of hydrogen-bond acceptors (Lipinski definition) is 3. The van der Waals surface area contributed by atoms with E-state index in [0.717, 1.165) is 11.3 Å².